The normalized spacial score (nSPS) is 12.2. The Bertz CT molecular complexity index is 956. The fraction of sp³-hybridized carbons (Fsp3) is 0.455. The maximum Gasteiger partial charge on any atom is 2.00 e. The molecule has 0 amide bonds. The zero-order chi connectivity index (χ0) is 26.1. The van der Waals surface area contributed by atoms with Gasteiger partial charge in [0.05, 0.1) is 0 Å². The van der Waals surface area contributed by atoms with Crippen molar-refractivity contribution in [1.82, 2.24) is 0 Å². The van der Waals surface area contributed by atoms with Crippen LogP contribution in [0.2, 0.25) is 0 Å². The first-order valence-electron chi connectivity index (χ1n) is 13.7. The molecule has 36 heavy (non-hydrogen) atoms. The van der Waals surface area contributed by atoms with E-state index in [1.54, 1.807) is 13.8 Å². The predicted molar refractivity (Wildman–Crippen MR) is 155 cm³/mol. The molecule has 0 N–H and O–H groups in total. The molecule has 0 aliphatic carbocycles. The van der Waals surface area contributed by atoms with E-state index >= 15 is 0 Å². The van der Waals surface area contributed by atoms with E-state index in [-0.39, 0.29) is 16.5 Å². The standard InChI is InChI=1S/C29H38N2.2C2H5.Ni/c1-4-7-10-17-27-22-28(25-18-11-15-23(20-25)13-8-5-2)31(30)29(27)26-19-12-16-24(21-26)14-9-6-3;2*1-2;/h11-12,15-16,18-22H,4-10,13-14,17H2,1-3H3;2*1H2,2H3;/q;2*-1;+2. The first-order chi connectivity index (χ1) is 17.2. The van der Waals surface area contributed by atoms with Gasteiger partial charge < -0.3 is 19.4 Å². The molecule has 0 saturated carbocycles. The fourth-order valence-electron chi connectivity index (χ4n) is 4.34. The van der Waals surface area contributed by atoms with Crippen LogP contribution >= 0.6 is 0 Å². The van der Waals surface area contributed by atoms with Crippen LogP contribution in [0.5, 0.6) is 0 Å². The van der Waals surface area contributed by atoms with E-state index in [0.717, 1.165) is 48.2 Å². The van der Waals surface area contributed by atoms with Crippen molar-refractivity contribution < 1.29 is 21.2 Å². The third-order valence-corrected chi connectivity index (χ3v) is 6.17. The minimum absolute atomic E-state index is 0. The van der Waals surface area contributed by atoms with Gasteiger partial charge in [-0.15, -0.1) is 0 Å². The smallest absolute Gasteiger partial charge is 0.493 e. The first kappa shape index (κ1) is 34.0. The molecule has 0 saturated heterocycles. The maximum absolute atomic E-state index is 11.3. The molecule has 3 heteroatoms. The molecule has 1 aliphatic heterocycles. The van der Waals surface area contributed by atoms with E-state index in [1.807, 2.05) is 0 Å². The van der Waals surface area contributed by atoms with Gasteiger partial charge in [-0.25, -0.2) is 4.70 Å². The van der Waals surface area contributed by atoms with E-state index in [0.29, 0.717) is 0 Å². The molecule has 2 aromatic rings. The Balaban J connectivity index is 0.00000233. The number of allylic oxidation sites excluding steroid dienone is 2. The molecule has 3 rings (SSSR count). The summed E-state index contributed by atoms with van der Waals surface area (Å²) in [6.07, 6.45) is 13.7. The SMILES string of the molecule is CCCCCC1=C(c2cccc(CCCC)c2)[N+](=[N-])C(c2cccc(CCCC)c2)=C1.[CH2-]C.[CH2-]C.[Ni+2]. The van der Waals surface area contributed by atoms with Crippen molar-refractivity contribution in [3.63, 3.8) is 0 Å². The van der Waals surface area contributed by atoms with Crippen LogP contribution in [0.1, 0.15) is 108 Å². The molecule has 0 bridgehead atoms. The summed E-state index contributed by atoms with van der Waals surface area (Å²) in [6, 6.07) is 17.4. The van der Waals surface area contributed by atoms with Crippen LogP contribution in [0.3, 0.4) is 0 Å². The summed E-state index contributed by atoms with van der Waals surface area (Å²) in [7, 11) is 0. The maximum atomic E-state index is 11.3. The van der Waals surface area contributed by atoms with Crippen LogP contribution in [0, 0.1) is 13.8 Å². The second-order valence-corrected chi connectivity index (χ2v) is 8.78. The van der Waals surface area contributed by atoms with E-state index in [2.05, 4.69) is 89.2 Å². The number of hydrogen-bond donors (Lipinski definition) is 0. The van der Waals surface area contributed by atoms with Crippen molar-refractivity contribution in [2.24, 2.45) is 0 Å². The van der Waals surface area contributed by atoms with Gasteiger partial charge in [0.25, 0.3) is 0 Å². The second kappa shape index (κ2) is 20.1. The van der Waals surface area contributed by atoms with E-state index in [1.165, 1.54) is 59.9 Å². The summed E-state index contributed by atoms with van der Waals surface area (Å²) >= 11 is 0. The molecule has 2 nitrogen and oxygen atoms in total. The van der Waals surface area contributed by atoms with Crippen LogP contribution in [-0.4, -0.2) is 4.70 Å². The minimum atomic E-state index is 0. The number of benzene rings is 2. The average Bonchev–Trinajstić information content (AvgIpc) is 3.25. The summed E-state index contributed by atoms with van der Waals surface area (Å²) < 4.78 is 1.44. The molecule has 0 fully saturated rings. The number of unbranched alkanes of at least 4 members (excludes halogenated alkanes) is 4. The Morgan fingerprint density at radius 2 is 1.17 bits per heavy atom. The zero-order valence-corrected chi connectivity index (χ0v) is 24.4. The van der Waals surface area contributed by atoms with Crippen molar-refractivity contribution in [3.05, 3.63) is 102 Å². The molecule has 0 unspecified atom stereocenters. The summed E-state index contributed by atoms with van der Waals surface area (Å²) in [5, 5.41) is 0. The van der Waals surface area contributed by atoms with Gasteiger partial charge in [0.1, 0.15) is 0 Å². The molecule has 0 spiro atoms. The van der Waals surface area contributed by atoms with E-state index in [9.17, 15) is 5.53 Å². The molecule has 0 aromatic heterocycles. The topological polar surface area (TPSA) is 25.3 Å². The predicted octanol–water partition coefficient (Wildman–Crippen LogP) is 10.4. The molecule has 2 aromatic carbocycles. The van der Waals surface area contributed by atoms with Gasteiger partial charge in [-0.2, -0.15) is 13.8 Å². The largest absolute Gasteiger partial charge is 2.00 e. The zero-order valence-electron chi connectivity index (χ0n) is 23.4. The first-order valence-corrected chi connectivity index (χ1v) is 13.7. The summed E-state index contributed by atoms with van der Waals surface area (Å²) in [5.41, 5.74) is 19.3. The Labute approximate surface area is 232 Å². The molecule has 0 atom stereocenters. The van der Waals surface area contributed by atoms with Gasteiger partial charge in [-0.3, -0.25) is 0 Å². The molecule has 0 radical (unpaired) electrons. The van der Waals surface area contributed by atoms with Crippen molar-refractivity contribution >= 4 is 11.4 Å². The van der Waals surface area contributed by atoms with Crippen LogP contribution in [0.15, 0.2) is 60.2 Å². The second-order valence-electron chi connectivity index (χ2n) is 8.78. The molecule has 200 valence electrons. The molecule has 1 aliphatic rings. The van der Waals surface area contributed by atoms with Crippen LogP contribution in [0.4, 0.5) is 0 Å². The van der Waals surface area contributed by atoms with E-state index in [4.69, 9.17) is 0 Å². The summed E-state index contributed by atoms with van der Waals surface area (Å²) in [6.45, 7) is 16.7. The Morgan fingerprint density at radius 3 is 1.69 bits per heavy atom. The van der Waals surface area contributed by atoms with Gasteiger partial charge in [-0.1, -0.05) is 70.7 Å². The van der Waals surface area contributed by atoms with Crippen molar-refractivity contribution in [2.45, 2.75) is 98.8 Å². The Morgan fingerprint density at radius 1 is 0.667 bits per heavy atom. The third kappa shape index (κ3) is 10.2. The summed E-state index contributed by atoms with van der Waals surface area (Å²) in [5.74, 6) is 0. The van der Waals surface area contributed by atoms with Crippen LogP contribution < -0.4 is 0 Å². The van der Waals surface area contributed by atoms with Crippen LogP contribution in [-0.2, 0) is 29.3 Å². The van der Waals surface area contributed by atoms with Crippen molar-refractivity contribution in [1.29, 1.82) is 0 Å². The van der Waals surface area contributed by atoms with E-state index < -0.39 is 0 Å². The molecule has 1 heterocycles. The summed E-state index contributed by atoms with van der Waals surface area (Å²) in [4.78, 5) is 0. The van der Waals surface area contributed by atoms with Gasteiger partial charge in [0.2, 0.25) is 11.4 Å². The van der Waals surface area contributed by atoms with Crippen molar-refractivity contribution in [3.8, 4) is 0 Å². The number of rotatable bonds is 12. The average molecular weight is 531 g/mol. The Kier molecular flexibility index (Phi) is 19.0. The Hall–Kier alpha value is -1.99. The number of aryl methyl sites for hydroxylation is 2. The number of hydrogen-bond acceptors (Lipinski definition) is 0. The quantitative estimate of drug-likeness (QED) is 0.113. The monoisotopic (exact) mass is 530 g/mol. The number of nitrogens with zero attached hydrogens (tertiary/aromatic N) is 2. The van der Waals surface area contributed by atoms with Crippen molar-refractivity contribution in [2.75, 3.05) is 0 Å². The fourth-order valence-corrected chi connectivity index (χ4v) is 4.34. The molecular weight excluding hydrogens is 483 g/mol. The third-order valence-electron chi connectivity index (χ3n) is 6.17. The van der Waals surface area contributed by atoms with Gasteiger partial charge in [0, 0.05) is 22.8 Å². The van der Waals surface area contributed by atoms with Gasteiger partial charge >= 0.3 is 16.5 Å². The van der Waals surface area contributed by atoms with Crippen LogP contribution in [0.25, 0.3) is 16.9 Å². The van der Waals surface area contributed by atoms with Gasteiger partial charge in [-0.05, 0) is 73.9 Å². The van der Waals surface area contributed by atoms with Gasteiger partial charge in [0.15, 0.2) is 0 Å². The minimum Gasteiger partial charge on any atom is -0.493 e. The molecular formula is C33H48N2Ni.